The first kappa shape index (κ1) is 10.2. The van der Waals surface area contributed by atoms with Crippen molar-refractivity contribution in [2.45, 2.75) is 27.7 Å². The summed E-state index contributed by atoms with van der Waals surface area (Å²) in [7, 11) is 1.97. The lowest BCUT2D eigenvalue weighted by atomic mass is 10.1. The molecule has 0 saturated heterocycles. The molecule has 0 aliphatic carbocycles. The van der Waals surface area contributed by atoms with Crippen molar-refractivity contribution < 1.29 is 0 Å². The van der Waals surface area contributed by atoms with Crippen molar-refractivity contribution in [1.29, 1.82) is 0 Å². The molecule has 0 rings (SSSR count). The van der Waals surface area contributed by atoms with Crippen molar-refractivity contribution in [2.75, 3.05) is 7.05 Å². The first-order valence-corrected chi connectivity index (χ1v) is 4.02. The van der Waals surface area contributed by atoms with Gasteiger partial charge in [0.2, 0.25) is 0 Å². The minimum absolute atomic E-state index is 0.536. The quantitative estimate of drug-likeness (QED) is 0.450. The van der Waals surface area contributed by atoms with Crippen LogP contribution in [0.3, 0.4) is 0 Å². The van der Waals surface area contributed by atoms with Crippen LogP contribution >= 0.6 is 0 Å². The van der Waals surface area contributed by atoms with Crippen molar-refractivity contribution in [3.05, 3.63) is 11.8 Å². The minimum Gasteiger partial charge on any atom is -0.273 e. The summed E-state index contributed by atoms with van der Waals surface area (Å²) in [5.41, 5.74) is 1.25. The molecule has 0 N–H and O–H groups in total. The summed E-state index contributed by atoms with van der Waals surface area (Å²) < 4.78 is 0. The molecule has 0 heterocycles. The van der Waals surface area contributed by atoms with Crippen molar-refractivity contribution in [1.82, 2.24) is 5.01 Å². The molecule has 0 spiro atoms. The van der Waals surface area contributed by atoms with Crippen LogP contribution in [0.1, 0.15) is 27.7 Å². The molecule has 0 aliphatic heterocycles. The second-order valence-electron chi connectivity index (χ2n) is 2.77. The van der Waals surface area contributed by atoms with Gasteiger partial charge < -0.3 is 0 Å². The monoisotopic (exact) mass is 154 g/mol. The minimum atomic E-state index is 0.536. The van der Waals surface area contributed by atoms with Crippen LogP contribution in [0.2, 0.25) is 0 Å². The molecular weight excluding hydrogens is 136 g/mol. The average molecular weight is 154 g/mol. The number of nitrogens with zero attached hydrogens (tertiary/aromatic N) is 2. The molecule has 11 heavy (non-hydrogen) atoms. The molecule has 0 aromatic carbocycles. The number of hydrogen-bond acceptors (Lipinski definition) is 2. The third-order valence-corrected chi connectivity index (χ3v) is 1.55. The second-order valence-corrected chi connectivity index (χ2v) is 2.77. The van der Waals surface area contributed by atoms with E-state index in [2.05, 4.69) is 25.0 Å². The molecule has 0 aliphatic rings. The topological polar surface area (TPSA) is 15.6 Å². The van der Waals surface area contributed by atoms with Gasteiger partial charge in [0.25, 0.3) is 0 Å². The summed E-state index contributed by atoms with van der Waals surface area (Å²) in [5.74, 6) is 0.536. The van der Waals surface area contributed by atoms with Gasteiger partial charge in [-0.25, -0.2) is 0 Å². The van der Waals surface area contributed by atoms with Gasteiger partial charge in [-0.1, -0.05) is 19.9 Å². The first-order valence-electron chi connectivity index (χ1n) is 4.02. The van der Waals surface area contributed by atoms with Crippen LogP contribution in [0.4, 0.5) is 0 Å². The zero-order valence-electron chi connectivity index (χ0n) is 8.13. The van der Waals surface area contributed by atoms with E-state index in [4.69, 9.17) is 0 Å². The SMILES string of the molecule is C/C=N\N(C)/C(=C\C)C(C)C. The molecule has 0 bridgehead atoms. The maximum atomic E-state index is 4.16. The Labute approximate surface area is 69.6 Å². The van der Waals surface area contributed by atoms with Gasteiger partial charge in [-0.3, -0.25) is 5.01 Å². The molecule has 64 valence electrons. The van der Waals surface area contributed by atoms with E-state index < -0.39 is 0 Å². The fourth-order valence-electron chi connectivity index (χ4n) is 1.13. The van der Waals surface area contributed by atoms with Crippen molar-refractivity contribution in [3.8, 4) is 0 Å². The van der Waals surface area contributed by atoms with Gasteiger partial charge in [0, 0.05) is 19.0 Å². The third kappa shape index (κ3) is 3.21. The van der Waals surface area contributed by atoms with Crippen LogP contribution in [-0.2, 0) is 0 Å². The van der Waals surface area contributed by atoms with Crippen LogP contribution in [0.15, 0.2) is 16.9 Å². The normalized spacial score (nSPS) is 13.1. The maximum Gasteiger partial charge on any atom is 0.0347 e. The van der Waals surface area contributed by atoms with Gasteiger partial charge in [0.15, 0.2) is 0 Å². The highest BCUT2D eigenvalue weighted by Crippen LogP contribution is 2.12. The Morgan fingerprint density at radius 1 is 1.36 bits per heavy atom. The van der Waals surface area contributed by atoms with Crippen LogP contribution in [0, 0.1) is 5.92 Å². The number of hydrazone groups is 1. The molecule has 2 nitrogen and oxygen atoms in total. The van der Waals surface area contributed by atoms with Crippen LogP contribution in [-0.4, -0.2) is 18.3 Å². The zero-order valence-corrected chi connectivity index (χ0v) is 8.13. The second kappa shape index (κ2) is 4.94. The highest BCUT2D eigenvalue weighted by molar-refractivity contribution is 5.52. The van der Waals surface area contributed by atoms with E-state index in [0.717, 1.165) is 0 Å². The molecule has 0 saturated carbocycles. The predicted octanol–water partition coefficient (Wildman–Crippen LogP) is 2.48. The van der Waals surface area contributed by atoms with E-state index in [1.165, 1.54) is 5.70 Å². The van der Waals surface area contributed by atoms with Crippen molar-refractivity contribution >= 4 is 6.21 Å². The van der Waals surface area contributed by atoms with Gasteiger partial charge in [-0.2, -0.15) is 5.10 Å². The van der Waals surface area contributed by atoms with E-state index in [-0.39, 0.29) is 0 Å². The van der Waals surface area contributed by atoms with Gasteiger partial charge in [-0.05, 0) is 19.8 Å². The summed E-state index contributed by atoms with van der Waals surface area (Å²) in [6, 6.07) is 0. The molecule has 0 aromatic rings. The van der Waals surface area contributed by atoms with Crippen LogP contribution < -0.4 is 0 Å². The Bertz CT molecular complexity index is 157. The van der Waals surface area contributed by atoms with E-state index in [1.54, 1.807) is 6.21 Å². The molecule has 0 unspecified atom stereocenters. The van der Waals surface area contributed by atoms with Crippen LogP contribution in [0.25, 0.3) is 0 Å². The predicted molar refractivity (Wildman–Crippen MR) is 50.5 cm³/mol. The van der Waals surface area contributed by atoms with Crippen LogP contribution in [0.5, 0.6) is 0 Å². The van der Waals surface area contributed by atoms with Gasteiger partial charge in [0.1, 0.15) is 0 Å². The Hall–Kier alpha value is -0.790. The Kier molecular flexibility index (Phi) is 4.59. The molecule has 2 heteroatoms. The lowest BCUT2D eigenvalue weighted by molar-refractivity contribution is 0.396. The summed E-state index contributed by atoms with van der Waals surface area (Å²) in [6.07, 6.45) is 3.89. The van der Waals surface area contributed by atoms with E-state index in [1.807, 2.05) is 25.9 Å². The highest BCUT2D eigenvalue weighted by atomic mass is 15.4. The smallest absolute Gasteiger partial charge is 0.0347 e. The van der Waals surface area contributed by atoms with E-state index >= 15 is 0 Å². The average Bonchev–Trinajstić information content (AvgIpc) is 1.88. The Morgan fingerprint density at radius 3 is 2.18 bits per heavy atom. The fourth-order valence-corrected chi connectivity index (χ4v) is 1.13. The Morgan fingerprint density at radius 2 is 1.91 bits per heavy atom. The largest absolute Gasteiger partial charge is 0.273 e. The number of rotatable bonds is 3. The van der Waals surface area contributed by atoms with Crippen molar-refractivity contribution in [3.63, 3.8) is 0 Å². The summed E-state index contributed by atoms with van der Waals surface area (Å²) in [6.45, 7) is 8.29. The standard InChI is InChI=1S/C9H18N2/c1-6-9(8(3)4)11(5)10-7-2/h6-8H,1-5H3/b9-6-,10-7-. The van der Waals surface area contributed by atoms with E-state index in [0.29, 0.717) is 5.92 Å². The molecule has 0 atom stereocenters. The third-order valence-electron chi connectivity index (χ3n) is 1.55. The highest BCUT2D eigenvalue weighted by Gasteiger charge is 2.04. The first-order chi connectivity index (χ1) is 5.13. The summed E-state index contributed by atoms with van der Waals surface area (Å²) in [4.78, 5) is 0. The molecule has 0 aromatic heterocycles. The molecule has 0 fully saturated rings. The number of hydrogen-bond donors (Lipinski definition) is 0. The van der Waals surface area contributed by atoms with Crippen molar-refractivity contribution in [2.24, 2.45) is 11.0 Å². The molecule has 0 amide bonds. The zero-order chi connectivity index (χ0) is 8.85. The maximum absolute atomic E-state index is 4.16. The lowest BCUT2D eigenvalue weighted by Gasteiger charge is -2.19. The summed E-state index contributed by atoms with van der Waals surface area (Å²) in [5, 5.41) is 6.06. The molecule has 0 radical (unpaired) electrons. The van der Waals surface area contributed by atoms with Gasteiger partial charge in [-0.15, -0.1) is 0 Å². The summed E-state index contributed by atoms with van der Waals surface area (Å²) >= 11 is 0. The Balaban J connectivity index is 4.27. The van der Waals surface area contributed by atoms with E-state index in [9.17, 15) is 0 Å². The van der Waals surface area contributed by atoms with Gasteiger partial charge >= 0.3 is 0 Å². The van der Waals surface area contributed by atoms with Gasteiger partial charge in [0.05, 0.1) is 0 Å². The number of allylic oxidation sites excluding steroid dienone is 2. The molecular formula is C9H18N2. The lowest BCUT2D eigenvalue weighted by Crippen LogP contribution is -2.14. The fraction of sp³-hybridized carbons (Fsp3) is 0.667.